The van der Waals surface area contributed by atoms with Crippen molar-refractivity contribution in [1.29, 1.82) is 0 Å². The third-order valence-electron chi connectivity index (χ3n) is 4.83. The van der Waals surface area contributed by atoms with Crippen molar-refractivity contribution < 1.29 is 9.53 Å². The van der Waals surface area contributed by atoms with Gasteiger partial charge in [-0.3, -0.25) is 9.79 Å². The van der Waals surface area contributed by atoms with Gasteiger partial charge in [0.05, 0.1) is 6.54 Å². The number of methoxy groups -OCH3 is 1. The number of nitrogens with zero attached hydrogens (tertiary/aromatic N) is 2. The second-order valence-electron chi connectivity index (χ2n) is 6.97. The molecule has 1 aliphatic heterocycles. The summed E-state index contributed by atoms with van der Waals surface area (Å²) in [5, 5.41) is 7.30. The third-order valence-corrected chi connectivity index (χ3v) is 5.07. The maximum Gasteiger partial charge on any atom is 0.222 e. The summed E-state index contributed by atoms with van der Waals surface area (Å²) in [7, 11) is 1.68. The number of carbonyl (C=O) groups is 1. The zero-order valence-electron chi connectivity index (χ0n) is 17.0. The van der Waals surface area contributed by atoms with Crippen LogP contribution in [0.2, 0.25) is 5.02 Å². The number of nitrogens with one attached hydrogen (secondary N) is 2. The van der Waals surface area contributed by atoms with Gasteiger partial charge in [-0.05, 0) is 43.9 Å². The maximum absolute atomic E-state index is 12.1. The standard InChI is InChI=1S/C21H33ClN4O2/c1-3-23-21(24-12-8-14-26-13-6-4-5-11-20(26)27)25-16-19(28-2)17-9-7-10-18(22)15-17/h7,9-10,15,19H,3-6,8,11-14,16H2,1-2H3,(H2,23,24,25). The first-order valence-corrected chi connectivity index (χ1v) is 10.6. The van der Waals surface area contributed by atoms with Gasteiger partial charge in [0, 0.05) is 44.7 Å². The van der Waals surface area contributed by atoms with Gasteiger partial charge in [0.2, 0.25) is 5.91 Å². The lowest BCUT2D eigenvalue weighted by atomic mass is 10.1. The van der Waals surface area contributed by atoms with Crippen LogP contribution in [-0.4, -0.2) is 56.6 Å². The molecule has 2 N–H and O–H groups in total. The molecule has 6 nitrogen and oxygen atoms in total. The molecule has 0 spiro atoms. The van der Waals surface area contributed by atoms with Gasteiger partial charge in [-0.25, -0.2) is 0 Å². The van der Waals surface area contributed by atoms with E-state index in [2.05, 4.69) is 15.6 Å². The SMILES string of the molecule is CCNC(=NCC(OC)c1cccc(Cl)c1)NCCCN1CCCCCC1=O. The Morgan fingerprint density at radius 3 is 2.93 bits per heavy atom. The van der Waals surface area contributed by atoms with Crippen LogP contribution in [-0.2, 0) is 9.53 Å². The topological polar surface area (TPSA) is 66.0 Å². The lowest BCUT2D eigenvalue weighted by Gasteiger charge is -2.21. The first-order chi connectivity index (χ1) is 13.6. The molecule has 0 radical (unpaired) electrons. The minimum absolute atomic E-state index is 0.149. The molecule has 0 bridgehead atoms. The van der Waals surface area contributed by atoms with E-state index in [9.17, 15) is 4.79 Å². The molecule has 1 aliphatic rings. The van der Waals surface area contributed by atoms with E-state index in [-0.39, 0.29) is 6.10 Å². The largest absolute Gasteiger partial charge is 0.375 e. The fraction of sp³-hybridized carbons (Fsp3) is 0.619. The zero-order valence-corrected chi connectivity index (χ0v) is 17.8. The Morgan fingerprint density at radius 1 is 1.32 bits per heavy atom. The van der Waals surface area contributed by atoms with Crippen LogP contribution >= 0.6 is 11.6 Å². The van der Waals surface area contributed by atoms with Crippen LogP contribution in [0, 0.1) is 0 Å². The molecule has 1 aromatic carbocycles. The van der Waals surface area contributed by atoms with E-state index in [1.165, 1.54) is 0 Å². The molecule has 7 heteroatoms. The first-order valence-electron chi connectivity index (χ1n) is 10.2. The van der Waals surface area contributed by atoms with Crippen molar-refractivity contribution in [2.24, 2.45) is 4.99 Å². The van der Waals surface area contributed by atoms with E-state index >= 15 is 0 Å². The van der Waals surface area contributed by atoms with Gasteiger partial charge >= 0.3 is 0 Å². The Balaban J connectivity index is 1.83. The number of guanidine groups is 1. The molecule has 1 unspecified atom stereocenters. The number of rotatable bonds is 9. The van der Waals surface area contributed by atoms with Gasteiger partial charge in [-0.2, -0.15) is 0 Å². The highest BCUT2D eigenvalue weighted by Gasteiger charge is 2.16. The van der Waals surface area contributed by atoms with Crippen molar-refractivity contribution in [3.8, 4) is 0 Å². The van der Waals surface area contributed by atoms with E-state index in [0.717, 1.165) is 63.4 Å². The van der Waals surface area contributed by atoms with E-state index in [1.807, 2.05) is 36.1 Å². The quantitative estimate of drug-likeness (QED) is 0.373. The molecule has 1 amide bonds. The molecule has 1 aromatic rings. The summed E-state index contributed by atoms with van der Waals surface area (Å²) >= 11 is 6.08. The number of amides is 1. The Kier molecular flexibility index (Phi) is 10.1. The minimum atomic E-state index is -0.149. The van der Waals surface area contributed by atoms with E-state index in [0.29, 0.717) is 23.9 Å². The fourth-order valence-electron chi connectivity index (χ4n) is 3.29. The van der Waals surface area contributed by atoms with Crippen molar-refractivity contribution in [2.75, 3.05) is 39.8 Å². The number of aliphatic imine (C=N–C) groups is 1. The summed E-state index contributed by atoms with van der Waals surface area (Å²) in [5.41, 5.74) is 1.01. The fourth-order valence-corrected chi connectivity index (χ4v) is 3.49. The highest BCUT2D eigenvalue weighted by molar-refractivity contribution is 6.30. The van der Waals surface area contributed by atoms with Crippen molar-refractivity contribution in [3.63, 3.8) is 0 Å². The van der Waals surface area contributed by atoms with Crippen molar-refractivity contribution in [2.45, 2.75) is 45.1 Å². The summed E-state index contributed by atoms with van der Waals surface area (Å²) < 4.78 is 5.58. The molecule has 0 aliphatic carbocycles. The second kappa shape index (κ2) is 12.6. The molecule has 1 saturated heterocycles. The summed E-state index contributed by atoms with van der Waals surface area (Å²) in [6.45, 7) is 5.78. The highest BCUT2D eigenvalue weighted by Crippen LogP contribution is 2.20. The zero-order chi connectivity index (χ0) is 20.2. The van der Waals surface area contributed by atoms with Gasteiger partial charge in [-0.1, -0.05) is 30.2 Å². The number of halogens is 1. The monoisotopic (exact) mass is 408 g/mol. The van der Waals surface area contributed by atoms with Gasteiger partial charge in [-0.15, -0.1) is 0 Å². The molecule has 0 saturated carbocycles. The van der Waals surface area contributed by atoms with Crippen LogP contribution in [0.25, 0.3) is 0 Å². The van der Waals surface area contributed by atoms with Crippen LogP contribution in [0.15, 0.2) is 29.3 Å². The number of carbonyl (C=O) groups excluding carboxylic acids is 1. The maximum atomic E-state index is 12.1. The molecular formula is C21H33ClN4O2. The van der Waals surface area contributed by atoms with Gasteiger partial charge < -0.3 is 20.3 Å². The van der Waals surface area contributed by atoms with E-state index in [1.54, 1.807) is 7.11 Å². The van der Waals surface area contributed by atoms with Crippen LogP contribution in [0.5, 0.6) is 0 Å². The molecule has 28 heavy (non-hydrogen) atoms. The van der Waals surface area contributed by atoms with Gasteiger partial charge in [0.15, 0.2) is 5.96 Å². The predicted octanol–water partition coefficient (Wildman–Crippen LogP) is 3.38. The number of hydrogen-bond donors (Lipinski definition) is 2. The molecule has 2 rings (SSSR count). The molecule has 1 fully saturated rings. The Labute approximate surface area is 173 Å². The molecule has 0 aromatic heterocycles. The summed E-state index contributed by atoms with van der Waals surface area (Å²) in [6.07, 6.45) is 4.75. The number of likely N-dealkylation sites (tertiary alicyclic amines) is 1. The summed E-state index contributed by atoms with van der Waals surface area (Å²) in [5.74, 6) is 1.05. The van der Waals surface area contributed by atoms with Crippen LogP contribution in [0.4, 0.5) is 0 Å². The van der Waals surface area contributed by atoms with Crippen LogP contribution in [0.3, 0.4) is 0 Å². The summed E-state index contributed by atoms with van der Waals surface area (Å²) in [4.78, 5) is 18.7. The normalized spacial score (nSPS) is 16.6. The third kappa shape index (κ3) is 7.68. The van der Waals surface area contributed by atoms with Crippen LogP contribution in [0.1, 0.15) is 50.7 Å². The smallest absolute Gasteiger partial charge is 0.222 e. The Hall–Kier alpha value is -1.79. The first kappa shape index (κ1) is 22.5. The number of ether oxygens (including phenoxy) is 1. The van der Waals surface area contributed by atoms with E-state index in [4.69, 9.17) is 16.3 Å². The second-order valence-corrected chi connectivity index (χ2v) is 7.41. The molecule has 1 atom stereocenters. The van der Waals surface area contributed by atoms with Gasteiger partial charge in [0.25, 0.3) is 0 Å². The van der Waals surface area contributed by atoms with E-state index < -0.39 is 0 Å². The van der Waals surface area contributed by atoms with Crippen LogP contribution < -0.4 is 10.6 Å². The van der Waals surface area contributed by atoms with Crippen molar-refractivity contribution in [1.82, 2.24) is 15.5 Å². The predicted molar refractivity (Wildman–Crippen MR) is 115 cm³/mol. The average Bonchev–Trinajstić information content (AvgIpc) is 2.89. The van der Waals surface area contributed by atoms with Crippen molar-refractivity contribution >= 4 is 23.5 Å². The number of hydrogen-bond acceptors (Lipinski definition) is 3. The average molecular weight is 409 g/mol. The van der Waals surface area contributed by atoms with Crippen molar-refractivity contribution in [3.05, 3.63) is 34.9 Å². The number of benzene rings is 1. The lowest BCUT2D eigenvalue weighted by Crippen LogP contribution is -2.39. The molecular weight excluding hydrogens is 376 g/mol. The molecule has 156 valence electrons. The Bertz CT molecular complexity index is 639. The summed E-state index contributed by atoms with van der Waals surface area (Å²) in [6, 6.07) is 7.67. The lowest BCUT2D eigenvalue weighted by molar-refractivity contribution is -0.130. The Morgan fingerprint density at radius 2 is 2.18 bits per heavy atom. The minimum Gasteiger partial charge on any atom is -0.375 e. The van der Waals surface area contributed by atoms with Gasteiger partial charge in [0.1, 0.15) is 6.10 Å². The highest BCUT2D eigenvalue weighted by atomic mass is 35.5. The molecule has 1 heterocycles.